The number of nitrogens with zero attached hydrogens (tertiary/aromatic N) is 1. The fourth-order valence-electron chi connectivity index (χ4n) is 0.755. The third-order valence-corrected chi connectivity index (χ3v) is 1.75. The molecule has 13 heavy (non-hydrogen) atoms. The van der Waals surface area contributed by atoms with Gasteiger partial charge in [0.25, 0.3) is 5.91 Å². The summed E-state index contributed by atoms with van der Waals surface area (Å²) in [7, 11) is 0. The number of nitrogens with one attached hydrogen (secondary N) is 1. The van der Waals surface area contributed by atoms with E-state index in [-0.39, 0.29) is 11.7 Å². The SMILES string of the molecule is N#CCCNC(=O)c1ccc(Br)o1. The van der Waals surface area contributed by atoms with Crippen molar-refractivity contribution in [1.82, 2.24) is 5.32 Å². The number of rotatable bonds is 3. The van der Waals surface area contributed by atoms with Crippen LogP contribution in [0, 0.1) is 11.3 Å². The molecule has 1 aromatic rings. The molecule has 1 heterocycles. The maximum atomic E-state index is 11.2. The first kappa shape index (κ1) is 9.81. The Labute approximate surface area is 83.7 Å². The number of carbonyl (C=O) groups is 1. The molecular weight excluding hydrogens is 236 g/mol. The maximum absolute atomic E-state index is 11.2. The second-order valence-corrected chi connectivity index (χ2v) is 3.05. The van der Waals surface area contributed by atoms with E-state index in [1.165, 1.54) is 0 Å². The smallest absolute Gasteiger partial charge is 0.287 e. The number of carbonyl (C=O) groups excluding carboxylic acids is 1. The third-order valence-electron chi connectivity index (χ3n) is 1.32. The minimum atomic E-state index is -0.305. The molecule has 0 fully saturated rings. The number of halogens is 1. The van der Waals surface area contributed by atoms with Crippen LogP contribution in [0.15, 0.2) is 21.2 Å². The van der Waals surface area contributed by atoms with Crippen molar-refractivity contribution in [2.45, 2.75) is 6.42 Å². The highest BCUT2D eigenvalue weighted by Gasteiger charge is 2.08. The molecule has 0 saturated carbocycles. The predicted octanol–water partition coefficient (Wildman–Crippen LogP) is 1.69. The van der Waals surface area contributed by atoms with Crippen molar-refractivity contribution in [2.75, 3.05) is 6.54 Å². The molecular formula is C8H7BrN2O2. The number of hydrogen-bond acceptors (Lipinski definition) is 3. The normalized spacial score (nSPS) is 9.23. The van der Waals surface area contributed by atoms with E-state index in [1.54, 1.807) is 12.1 Å². The molecule has 0 aliphatic carbocycles. The standard InChI is InChI=1S/C8H7BrN2O2/c9-7-3-2-6(13-7)8(12)11-5-1-4-10/h2-3H,1,5H2,(H,11,12). The fraction of sp³-hybridized carbons (Fsp3) is 0.250. The summed E-state index contributed by atoms with van der Waals surface area (Å²) in [5.41, 5.74) is 0. The van der Waals surface area contributed by atoms with Crippen molar-refractivity contribution in [1.29, 1.82) is 5.26 Å². The zero-order chi connectivity index (χ0) is 9.68. The Balaban J connectivity index is 2.45. The van der Waals surface area contributed by atoms with Crippen LogP contribution in [-0.4, -0.2) is 12.5 Å². The van der Waals surface area contributed by atoms with Gasteiger partial charge in [-0.3, -0.25) is 4.79 Å². The molecule has 0 aliphatic rings. The Morgan fingerprint density at radius 1 is 1.69 bits per heavy atom. The van der Waals surface area contributed by atoms with Crippen LogP contribution in [0.25, 0.3) is 0 Å². The largest absolute Gasteiger partial charge is 0.444 e. The first-order chi connectivity index (χ1) is 6.24. The molecule has 1 amide bonds. The van der Waals surface area contributed by atoms with E-state index in [1.807, 2.05) is 6.07 Å². The monoisotopic (exact) mass is 242 g/mol. The van der Waals surface area contributed by atoms with E-state index >= 15 is 0 Å². The minimum Gasteiger partial charge on any atom is -0.444 e. The summed E-state index contributed by atoms with van der Waals surface area (Å²) in [5.74, 6) is -0.0641. The fourth-order valence-corrected chi connectivity index (χ4v) is 1.06. The topological polar surface area (TPSA) is 66.0 Å². The summed E-state index contributed by atoms with van der Waals surface area (Å²) >= 11 is 3.08. The molecule has 68 valence electrons. The van der Waals surface area contributed by atoms with E-state index in [2.05, 4.69) is 21.2 Å². The number of hydrogen-bond donors (Lipinski definition) is 1. The molecule has 0 aliphatic heterocycles. The van der Waals surface area contributed by atoms with Crippen molar-refractivity contribution in [3.63, 3.8) is 0 Å². The van der Waals surface area contributed by atoms with Crippen molar-refractivity contribution >= 4 is 21.8 Å². The summed E-state index contributed by atoms with van der Waals surface area (Å²) in [6.07, 6.45) is 0.299. The summed E-state index contributed by atoms with van der Waals surface area (Å²) < 4.78 is 5.51. The number of amides is 1. The average Bonchev–Trinajstić information content (AvgIpc) is 2.52. The summed E-state index contributed by atoms with van der Waals surface area (Å²) in [4.78, 5) is 11.2. The maximum Gasteiger partial charge on any atom is 0.287 e. The van der Waals surface area contributed by atoms with Gasteiger partial charge in [0.15, 0.2) is 10.4 Å². The van der Waals surface area contributed by atoms with Gasteiger partial charge in [-0.05, 0) is 28.1 Å². The summed E-state index contributed by atoms with van der Waals surface area (Å²) in [5, 5.41) is 10.8. The van der Waals surface area contributed by atoms with E-state index in [4.69, 9.17) is 9.68 Å². The van der Waals surface area contributed by atoms with Gasteiger partial charge in [-0.2, -0.15) is 5.26 Å². The van der Waals surface area contributed by atoms with Gasteiger partial charge in [0, 0.05) is 6.54 Å². The van der Waals surface area contributed by atoms with Gasteiger partial charge in [-0.1, -0.05) is 0 Å². The van der Waals surface area contributed by atoms with Crippen molar-refractivity contribution in [2.24, 2.45) is 0 Å². The van der Waals surface area contributed by atoms with Crippen LogP contribution in [0.4, 0.5) is 0 Å². The van der Waals surface area contributed by atoms with Crippen LogP contribution in [0.2, 0.25) is 0 Å². The molecule has 0 radical (unpaired) electrons. The Kier molecular flexibility index (Phi) is 3.53. The lowest BCUT2D eigenvalue weighted by Gasteiger charge is -1.97. The molecule has 1 N–H and O–H groups in total. The molecule has 0 spiro atoms. The second-order valence-electron chi connectivity index (χ2n) is 2.27. The Morgan fingerprint density at radius 3 is 3.00 bits per heavy atom. The molecule has 0 saturated heterocycles. The molecule has 1 aromatic heterocycles. The lowest BCUT2D eigenvalue weighted by Crippen LogP contribution is -2.23. The Hall–Kier alpha value is -1.28. The van der Waals surface area contributed by atoms with Crippen molar-refractivity contribution in [3.8, 4) is 6.07 Å². The molecule has 4 nitrogen and oxygen atoms in total. The first-order valence-corrected chi connectivity index (χ1v) is 4.44. The molecule has 0 unspecified atom stereocenters. The third kappa shape index (κ3) is 2.92. The summed E-state index contributed by atoms with van der Waals surface area (Å²) in [6.45, 7) is 0.341. The van der Waals surface area contributed by atoms with Crippen LogP contribution in [-0.2, 0) is 0 Å². The Morgan fingerprint density at radius 2 is 2.46 bits per heavy atom. The lowest BCUT2D eigenvalue weighted by atomic mass is 10.4. The first-order valence-electron chi connectivity index (χ1n) is 3.64. The van der Waals surface area contributed by atoms with Gasteiger partial charge < -0.3 is 9.73 Å². The van der Waals surface area contributed by atoms with Gasteiger partial charge >= 0.3 is 0 Å². The number of furan rings is 1. The van der Waals surface area contributed by atoms with Crippen LogP contribution in [0.3, 0.4) is 0 Å². The van der Waals surface area contributed by atoms with Gasteiger partial charge in [0.1, 0.15) is 0 Å². The molecule has 5 heteroatoms. The molecule has 0 aromatic carbocycles. The second kappa shape index (κ2) is 4.67. The Bertz CT molecular complexity index is 340. The van der Waals surface area contributed by atoms with Crippen LogP contribution in [0.1, 0.15) is 17.0 Å². The van der Waals surface area contributed by atoms with E-state index < -0.39 is 0 Å². The van der Waals surface area contributed by atoms with Gasteiger partial charge in [-0.25, -0.2) is 0 Å². The van der Waals surface area contributed by atoms with E-state index in [9.17, 15) is 4.79 Å². The van der Waals surface area contributed by atoms with E-state index in [0.717, 1.165) is 0 Å². The van der Waals surface area contributed by atoms with Crippen LogP contribution in [0.5, 0.6) is 0 Å². The highest BCUT2D eigenvalue weighted by atomic mass is 79.9. The average molecular weight is 243 g/mol. The van der Waals surface area contributed by atoms with Crippen molar-refractivity contribution in [3.05, 3.63) is 22.6 Å². The molecule has 1 rings (SSSR count). The van der Waals surface area contributed by atoms with Gasteiger partial charge in [-0.15, -0.1) is 0 Å². The van der Waals surface area contributed by atoms with Crippen LogP contribution < -0.4 is 5.32 Å². The van der Waals surface area contributed by atoms with E-state index in [0.29, 0.717) is 17.6 Å². The minimum absolute atomic E-state index is 0.241. The molecule has 0 bridgehead atoms. The highest BCUT2D eigenvalue weighted by Crippen LogP contribution is 2.13. The highest BCUT2D eigenvalue weighted by molar-refractivity contribution is 9.10. The van der Waals surface area contributed by atoms with Crippen molar-refractivity contribution < 1.29 is 9.21 Å². The quantitative estimate of drug-likeness (QED) is 0.821. The summed E-state index contributed by atoms with van der Waals surface area (Å²) in [6, 6.07) is 5.12. The zero-order valence-corrected chi connectivity index (χ0v) is 8.30. The predicted molar refractivity (Wildman–Crippen MR) is 49.0 cm³/mol. The van der Waals surface area contributed by atoms with Gasteiger partial charge in [0.2, 0.25) is 0 Å². The lowest BCUT2D eigenvalue weighted by molar-refractivity contribution is 0.0925. The molecule has 0 atom stereocenters. The van der Waals surface area contributed by atoms with Crippen LogP contribution >= 0.6 is 15.9 Å². The zero-order valence-electron chi connectivity index (χ0n) is 6.71. The number of nitriles is 1. The van der Waals surface area contributed by atoms with Gasteiger partial charge in [0.05, 0.1) is 12.5 Å².